The largest absolute Gasteiger partial charge is 0.304 e. The molecule has 0 spiro atoms. The number of carbonyl (C=O) groups excluding carboxylic acids is 1. The van der Waals surface area contributed by atoms with Crippen molar-refractivity contribution >= 4 is 52.6 Å². The minimum atomic E-state index is -0.306. The van der Waals surface area contributed by atoms with Gasteiger partial charge in [-0.3, -0.25) is 9.48 Å². The van der Waals surface area contributed by atoms with Crippen molar-refractivity contribution in [1.29, 1.82) is 0 Å². The number of hydrogen-bond acceptors (Lipinski definition) is 2. The lowest BCUT2D eigenvalue weighted by Gasteiger charge is -2.04. The van der Waals surface area contributed by atoms with Crippen molar-refractivity contribution in [3.8, 4) is 0 Å². The number of nitrogens with zero attached hydrogens (tertiary/aromatic N) is 2. The lowest BCUT2D eigenvalue weighted by Crippen LogP contribution is -2.09. The van der Waals surface area contributed by atoms with E-state index in [0.29, 0.717) is 33.3 Å². The van der Waals surface area contributed by atoms with Gasteiger partial charge in [-0.1, -0.05) is 79.0 Å². The highest BCUT2D eigenvalue weighted by Gasteiger charge is 2.10. The van der Waals surface area contributed by atoms with E-state index >= 15 is 0 Å². The molecule has 29 heavy (non-hydrogen) atoms. The first kappa shape index (κ1) is 21.4. The molecule has 0 saturated carbocycles. The van der Waals surface area contributed by atoms with E-state index in [2.05, 4.69) is 36.4 Å². The van der Waals surface area contributed by atoms with E-state index in [1.54, 1.807) is 29.1 Å². The Hall–Kier alpha value is -2.27. The van der Waals surface area contributed by atoms with E-state index in [9.17, 15) is 4.79 Å². The third-order valence-corrected chi connectivity index (χ3v) is 5.33. The standard InChI is InChI=1S/C22H20Cl3N3O/c1-14(2)17-7-3-15(4-8-17)6-10-21(29)26-22-20(25)13-28(27-22)12-16-5-9-18(23)19(24)11-16/h3-11,13-14H,12H2,1-2H3,(H,26,27,29)/b10-6+. The van der Waals surface area contributed by atoms with Crippen LogP contribution in [0, 0.1) is 0 Å². The predicted molar refractivity (Wildman–Crippen MR) is 121 cm³/mol. The van der Waals surface area contributed by atoms with Crippen molar-refractivity contribution in [1.82, 2.24) is 9.78 Å². The highest BCUT2D eigenvalue weighted by Crippen LogP contribution is 2.24. The third kappa shape index (κ3) is 5.86. The fourth-order valence-corrected chi connectivity index (χ4v) is 3.23. The number of carbonyl (C=O) groups is 1. The summed E-state index contributed by atoms with van der Waals surface area (Å²) in [6, 6.07) is 13.4. The van der Waals surface area contributed by atoms with E-state index in [1.807, 2.05) is 18.2 Å². The first-order chi connectivity index (χ1) is 13.8. The van der Waals surface area contributed by atoms with Crippen LogP contribution >= 0.6 is 34.8 Å². The molecule has 3 aromatic rings. The van der Waals surface area contributed by atoms with Gasteiger partial charge in [-0.2, -0.15) is 5.10 Å². The number of hydrogen-bond donors (Lipinski definition) is 1. The molecule has 1 amide bonds. The van der Waals surface area contributed by atoms with Gasteiger partial charge in [0.1, 0.15) is 5.02 Å². The van der Waals surface area contributed by atoms with E-state index in [4.69, 9.17) is 34.8 Å². The molecule has 1 N–H and O–H groups in total. The molecule has 1 heterocycles. The van der Waals surface area contributed by atoms with Crippen molar-refractivity contribution in [2.45, 2.75) is 26.3 Å². The average molecular weight is 449 g/mol. The summed E-state index contributed by atoms with van der Waals surface area (Å²) in [5.74, 6) is 0.466. The van der Waals surface area contributed by atoms with Gasteiger partial charge in [0, 0.05) is 12.3 Å². The minimum Gasteiger partial charge on any atom is -0.304 e. The minimum absolute atomic E-state index is 0.302. The summed E-state index contributed by atoms with van der Waals surface area (Å²) < 4.78 is 1.63. The van der Waals surface area contributed by atoms with Crippen LogP contribution in [-0.4, -0.2) is 15.7 Å². The third-order valence-electron chi connectivity index (χ3n) is 4.32. The SMILES string of the molecule is CC(C)c1ccc(/C=C/C(=O)Nc2nn(Cc3ccc(Cl)c(Cl)c3)cc2Cl)cc1. The zero-order chi connectivity index (χ0) is 21.0. The number of nitrogens with one attached hydrogen (secondary N) is 1. The van der Waals surface area contributed by atoms with Crippen LogP contribution < -0.4 is 5.32 Å². The number of amides is 1. The van der Waals surface area contributed by atoms with Gasteiger partial charge in [0.2, 0.25) is 5.91 Å². The number of rotatable bonds is 6. The van der Waals surface area contributed by atoms with Crippen molar-refractivity contribution in [2.24, 2.45) is 0 Å². The Labute approximate surface area is 185 Å². The molecule has 4 nitrogen and oxygen atoms in total. The molecule has 0 aliphatic heterocycles. The summed E-state index contributed by atoms with van der Waals surface area (Å²) >= 11 is 18.2. The first-order valence-electron chi connectivity index (χ1n) is 9.07. The Morgan fingerprint density at radius 3 is 2.45 bits per heavy atom. The van der Waals surface area contributed by atoms with Gasteiger partial charge < -0.3 is 5.32 Å². The zero-order valence-corrected chi connectivity index (χ0v) is 18.3. The van der Waals surface area contributed by atoms with Crippen LogP contribution in [0.2, 0.25) is 15.1 Å². The van der Waals surface area contributed by atoms with Crippen LogP contribution in [0.4, 0.5) is 5.82 Å². The van der Waals surface area contributed by atoms with Crippen LogP contribution in [0.1, 0.15) is 36.5 Å². The predicted octanol–water partition coefficient (Wildman–Crippen LogP) is 6.67. The molecule has 150 valence electrons. The summed E-state index contributed by atoms with van der Waals surface area (Å²) in [5.41, 5.74) is 3.12. The van der Waals surface area contributed by atoms with Crippen molar-refractivity contribution in [3.63, 3.8) is 0 Å². The fourth-order valence-electron chi connectivity index (χ4n) is 2.71. The van der Waals surface area contributed by atoms with E-state index in [0.717, 1.165) is 11.1 Å². The number of aromatic nitrogens is 2. The Balaban J connectivity index is 1.63. The van der Waals surface area contributed by atoms with Crippen LogP contribution in [-0.2, 0) is 11.3 Å². The second-order valence-corrected chi connectivity index (χ2v) is 8.14. The number of halogens is 3. The molecule has 0 unspecified atom stereocenters. The maximum Gasteiger partial charge on any atom is 0.249 e. The maximum absolute atomic E-state index is 12.2. The summed E-state index contributed by atoms with van der Waals surface area (Å²) in [5, 5.41) is 8.35. The molecule has 3 rings (SSSR count). The lowest BCUT2D eigenvalue weighted by molar-refractivity contribution is -0.111. The van der Waals surface area contributed by atoms with Crippen molar-refractivity contribution < 1.29 is 4.79 Å². The van der Waals surface area contributed by atoms with E-state index in [1.165, 1.54) is 11.6 Å². The first-order valence-corrected chi connectivity index (χ1v) is 10.2. The summed E-state index contributed by atoms with van der Waals surface area (Å²) in [7, 11) is 0. The van der Waals surface area contributed by atoms with Crippen LogP contribution in [0.5, 0.6) is 0 Å². The molecule has 0 aliphatic rings. The van der Waals surface area contributed by atoms with Crippen molar-refractivity contribution in [3.05, 3.63) is 86.5 Å². The average Bonchev–Trinajstić information content (AvgIpc) is 3.02. The molecule has 0 saturated heterocycles. The Kier molecular flexibility index (Phi) is 7.01. The van der Waals surface area contributed by atoms with Gasteiger partial charge in [0.15, 0.2) is 5.82 Å². The Morgan fingerprint density at radius 2 is 1.79 bits per heavy atom. The molecule has 0 atom stereocenters. The van der Waals surface area contributed by atoms with Gasteiger partial charge in [-0.25, -0.2) is 0 Å². The highest BCUT2D eigenvalue weighted by atomic mass is 35.5. The Bertz CT molecular complexity index is 1040. The van der Waals surface area contributed by atoms with Crippen LogP contribution in [0.15, 0.2) is 54.7 Å². The molecule has 7 heteroatoms. The monoisotopic (exact) mass is 447 g/mol. The molecular weight excluding hydrogens is 429 g/mol. The molecule has 1 aromatic heterocycles. The molecule has 0 fully saturated rings. The zero-order valence-electron chi connectivity index (χ0n) is 16.0. The summed E-state index contributed by atoms with van der Waals surface area (Å²) in [4.78, 5) is 12.2. The van der Waals surface area contributed by atoms with Gasteiger partial charge in [-0.15, -0.1) is 0 Å². The van der Waals surface area contributed by atoms with Gasteiger partial charge in [-0.05, 0) is 40.8 Å². The molecule has 0 bridgehead atoms. The number of anilines is 1. The van der Waals surface area contributed by atoms with Crippen LogP contribution in [0.3, 0.4) is 0 Å². The fraction of sp³-hybridized carbons (Fsp3) is 0.182. The summed E-state index contributed by atoms with van der Waals surface area (Å²) in [6.45, 7) is 4.73. The van der Waals surface area contributed by atoms with Crippen LogP contribution in [0.25, 0.3) is 6.08 Å². The molecule has 0 aliphatic carbocycles. The normalized spacial score (nSPS) is 11.4. The molecule has 0 radical (unpaired) electrons. The quantitative estimate of drug-likeness (QED) is 0.428. The van der Waals surface area contributed by atoms with Crippen molar-refractivity contribution in [2.75, 3.05) is 5.32 Å². The van der Waals surface area contributed by atoms with Gasteiger partial charge in [0.05, 0.1) is 16.6 Å². The molecule has 2 aromatic carbocycles. The van der Waals surface area contributed by atoms with E-state index < -0.39 is 0 Å². The van der Waals surface area contributed by atoms with E-state index in [-0.39, 0.29) is 5.91 Å². The second-order valence-electron chi connectivity index (χ2n) is 6.92. The maximum atomic E-state index is 12.2. The smallest absolute Gasteiger partial charge is 0.249 e. The second kappa shape index (κ2) is 9.49. The van der Waals surface area contributed by atoms with Gasteiger partial charge >= 0.3 is 0 Å². The lowest BCUT2D eigenvalue weighted by atomic mass is 10.0. The van der Waals surface area contributed by atoms with Gasteiger partial charge in [0.25, 0.3) is 0 Å². The Morgan fingerprint density at radius 1 is 1.07 bits per heavy atom. The summed E-state index contributed by atoms with van der Waals surface area (Å²) in [6.07, 6.45) is 4.85. The number of benzene rings is 2. The topological polar surface area (TPSA) is 46.9 Å². The molecular formula is C22H20Cl3N3O. The highest BCUT2D eigenvalue weighted by molar-refractivity contribution is 6.42.